The van der Waals surface area contributed by atoms with Gasteiger partial charge in [0.2, 0.25) is 0 Å². The number of nitrogens with zero attached hydrogens (tertiary/aromatic N) is 2. The van der Waals surface area contributed by atoms with Crippen LogP contribution in [0.25, 0.3) is 0 Å². The third-order valence-corrected chi connectivity index (χ3v) is 3.77. The Morgan fingerprint density at radius 1 is 0.955 bits per heavy atom. The Bertz CT molecular complexity index is 639. The molecule has 0 N–H and O–H groups in total. The second-order valence-electron chi connectivity index (χ2n) is 5.00. The number of nitro benzene ring substituents is 1. The van der Waals surface area contributed by atoms with Gasteiger partial charge in [0.25, 0.3) is 5.69 Å². The number of rotatable bonds is 6. The van der Waals surface area contributed by atoms with Gasteiger partial charge in [-0.1, -0.05) is 23.2 Å². The van der Waals surface area contributed by atoms with Crippen LogP contribution >= 0.6 is 23.2 Å². The summed E-state index contributed by atoms with van der Waals surface area (Å²) in [5, 5.41) is 11.9. The van der Waals surface area contributed by atoms with E-state index in [1.54, 1.807) is 18.2 Å². The molecule has 0 aliphatic carbocycles. The van der Waals surface area contributed by atoms with Gasteiger partial charge in [-0.2, -0.15) is 4.90 Å². The third-order valence-electron chi connectivity index (χ3n) is 3.33. The van der Waals surface area contributed by atoms with E-state index in [4.69, 9.17) is 23.2 Å². The quantitative estimate of drug-likeness (QED) is 0.433. The molecule has 115 valence electrons. The average Bonchev–Trinajstić information content (AvgIpc) is 2.46. The molecule has 22 heavy (non-hydrogen) atoms. The monoisotopic (exact) mass is 338 g/mol. The lowest BCUT2D eigenvalue weighted by molar-refractivity contribution is -0.384. The van der Waals surface area contributed by atoms with Crippen molar-refractivity contribution in [2.45, 2.75) is 20.0 Å². The summed E-state index contributed by atoms with van der Waals surface area (Å²) in [4.78, 5) is 12.5. The first-order chi connectivity index (χ1) is 10.5. The predicted octanol–water partition coefficient (Wildman–Crippen LogP) is 4.76. The maximum absolute atomic E-state index is 10.7. The Balaban J connectivity index is 2.06. The number of halogens is 2. The van der Waals surface area contributed by atoms with E-state index < -0.39 is 4.92 Å². The maximum Gasteiger partial charge on any atom is 0.269 e. The van der Waals surface area contributed by atoms with Crippen LogP contribution in [0.5, 0.6) is 0 Å². The normalized spacial score (nSPS) is 10.9. The topological polar surface area (TPSA) is 49.0 Å². The molecule has 0 fully saturated rings. The fourth-order valence-corrected chi connectivity index (χ4v) is 2.79. The van der Waals surface area contributed by atoms with Gasteiger partial charge in [-0.05, 0) is 37.3 Å². The van der Waals surface area contributed by atoms with E-state index in [0.717, 1.165) is 17.7 Å². The summed E-state index contributed by atoms with van der Waals surface area (Å²) < 4.78 is 0. The van der Waals surface area contributed by atoms with E-state index in [9.17, 15) is 10.1 Å². The molecule has 0 spiro atoms. The molecular weight excluding hydrogens is 323 g/mol. The van der Waals surface area contributed by atoms with Crippen LogP contribution in [0.1, 0.15) is 18.1 Å². The van der Waals surface area contributed by atoms with Crippen molar-refractivity contribution in [3.63, 3.8) is 0 Å². The molecule has 0 aliphatic heterocycles. The zero-order valence-electron chi connectivity index (χ0n) is 12.1. The van der Waals surface area contributed by atoms with Crippen LogP contribution in [0.2, 0.25) is 10.0 Å². The van der Waals surface area contributed by atoms with Crippen LogP contribution in [-0.4, -0.2) is 11.5 Å². The molecule has 0 aromatic heterocycles. The molecular formula is C16H16Cl2N2O2+. The van der Waals surface area contributed by atoms with Crippen molar-refractivity contribution in [3.8, 4) is 0 Å². The molecule has 0 heterocycles. The van der Waals surface area contributed by atoms with Crippen molar-refractivity contribution in [1.29, 1.82) is 0 Å². The van der Waals surface area contributed by atoms with Crippen LogP contribution in [0.3, 0.4) is 0 Å². The smallest absolute Gasteiger partial charge is 0.258 e. The highest BCUT2D eigenvalue weighted by Crippen LogP contribution is 2.20. The average molecular weight is 339 g/mol. The van der Waals surface area contributed by atoms with E-state index in [1.807, 2.05) is 12.1 Å². The standard InChI is InChI=1S/C16H16Cl2N2O2/c1-2-19(11-13-7-14(17)9-15(18)8-13)10-12-3-5-16(6-4-12)20(21)22/h3-9H,2,10-11H2,1H3/q+1. The van der Waals surface area contributed by atoms with Gasteiger partial charge in [-0.15, -0.1) is 0 Å². The van der Waals surface area contributed by atoms with Crippen molar-refractivity contribution in [1.82, 2.24) is 4.90 Å². The highest BCUT2D eigenvalue weighted by Gasteiger charge is 2.16. The Labute approximate surface area is 139 Å². The first-order valence-corrected chi connectivity index (χ1v) is 7.64. The van der Waals surface area contributed by atoms with Crippen LogP contribution in [0.4, 0.5) is 5.69 Å². The predicted molar refractivity (Wildman–Crippen MR) is 89.6 cm³/mol. The van der Waals surface area contributed by atoms with E-state index in [-0.39, 0.29) is 5.69 Å². The van der Waals surface area contributed by atoms with Crippen molar-refractivity contribution in [2.24, 2.45) is 0 Å². The molecule has 2 rings (SSSR count). The molecule has 0 unspecified atom stereocenters. The number of hydrogen-bond donors (Lipinski definition) is 0. The maximum atomic E-state index is 10.7. The molecule has 4 nitrogen and oxygen atoms in total. The lowest BCUT2D eigenvalue weighted by Crippen LogP contribution is -2.28. The molecule has 0 bridgehead atoms. The number of nitro groups is 1. The summed E-state index contributed by atoms with van der Waals surface area (Å²) >= 11 is 12.0. The minimum absolute atomic E-state index is 0.105. The molecule has 1 radical (unpaired) electrons. The van der Waals surface area contributed by atoms with Gasteiger partial charge >= 0.3 is 0 Å². The molecule has 0 saturated carbocycles. The van der Waals surface area contributed by atoms with Gasteiger partial charge in [-0.3, -0.25) is 10.1 Å². The Morgan fingerprint density at radius 3 is 2.00 bits per heavy atom. The Hall–Kier alpha value is -1.62. The van der Waals surface area contributed by atoms with E-state index in [2.05, 4.69) is 11.8 Å². The Kier molecular flexibility index (Phi) is 5.77. The van der Waals surface area contributed by atoms with Gasteiger partial charge in [0.1, 0.15) is 19.6 Å². The fourth-order valence-electron chi connectivity index (χ4n) is 2.22. The number of non-ortho nitro benzene ring substituents is 1. The van der Waals surface area contributed by atoms with E-state index >= 15 is 0 Å². The van der Waals surface area contributed by atoms with E-state index in [1.165, 1.54) is 12.1 Å². The first kappa shape index (κ1) is 16.7. The molecule has 0 saturated heterocycles. The molecule has 6 heteroatoms. The van der Waals surface area contributed by atoms with Crippen molar-refractivity contribution in [3.05, 3.63) is 73.8 Å². The summed E-state index contributed by atoms with van der Waals surface area (Å²) in [7, 11) is 0. The third kappa shape index (κ3) is 4.70. The van der Waals surface area contributed by atoms with Gasteiger partial charge in [0.05, 0.1) is 4.92 Å². The lowest BCUT2D eigenvalue weighted by Gasteiger charge is -2.11. The Morgan fingerprint density at radius 2 is 1.50 bits per heavy atom. The summed E-state index contributed by atoms with van der Waals surface area (Å²) in [5.41, 5.74) is 2.18. The summed E-state index contributed by atoms with van der Waals surface area (Å²) in [6, 6.07) is 12.1. The second kappa shape index (κ2) is 7.58. The van der Waals surface area contributed by atoms with Gasteiger partial charge in [-0.25, -0.2) is 0 Å². The minimum atomic E-state index is -0.394. The summed E-state index contributed by atoms with van der Waals surface area (Å²) in [6.07, 6.45) is 0. The molecule has 0 amide bonds. The highest BCUT2D eigenvalue weighted by atomic mass is 35.5. The van der Waals surface area contributed by atoms with Gasteiger partial charge in [0.15, 0.2) is 0 Å². The van der Waals surface area contributed by atoms with Crippen molar-refractivity contribution in [2.75, 3.05) is 6.54 Å². The summed E-state index contributed by atoms with van der Waals surface area (Å²) in [5.74, 6) is 0. The minimum Gasteiger partial charge on any atom is -0.258 e. The summed E-state index contributed by atoms with van der Waals surface area (Å²) in [6.45, 7) is 4.34. The van der Waals surface area contributed by atoms with Gasteiger partial charge < -0.3 is 0 Å². The lowest BCUT2D eigenvalue weighted by atomic mass is 10.1. The largest absolute Gasteiger partial charge is 0.269 e. The van der Waals surface area contributed by atoms with Crippen molar-refractivity contribution < 1.29 is 4.92 Å². The zero-order valence-corrected chi connectivity index (χ0v) is 13.6. The molecule has 2 aromatic rings. The highest BCUT2D eigenvalue weighted by molar-refractivity contribution is 6.34. The second-order valence-corrected chi connectivity index (χ2v) is 5.88. The molecule has 2 aromatic carbocycles. The zero-order chi connectivity index (χ0) is 16.1. The fraction of sp³-hybridized carbons (Fsp3) is 0.250. The SMILES string of the molecule is CC[N+](Cc1ccc([N+](=O)[O-])cc1)Cc1cc(Cl)cc(Cl)c1. The van der Waals surface area contributed by atoms with Crippen LogP contribution < -0.4 is 4.90 Å². The number of benzene rings is 2. The van der Waals surface area contributed by atoms with E-state index in [0.29, 0.717) is 23.1 Å². The van der Waals surface area contributed by atoms with Gasteiger partial charge in [0, 0.05) is 33.3 Å². The van der Waals surface area contributed by atoms with Crippen LogP contribution in [0, 0.1) is 10.1 Å². The number of hydrogen-bond acceptors (Lipinski definition) is 3. The molecule has 0 aliphatic rings. The first-order valence-electron chi connectivity index (χ1n) is 6.88. The van der Waals surface area contributed by atoms with Crippen LogP contribution in [-0.2, 0) is 13.1 Å². The van der Waals surface area contributed by atoms with Crippen LogP contribution in [0.15, 0.2) is 42.5 Å². The molecule has 0 atom stereocenters. The van der Waals surface area contributed by atoms with Crippen molar-refractivity contribution >= 4 is 28.9 Å².